The van der Waals surface area contributed by atoms with E-state index in [1.807, 2.05) is 24.7 Å². The molecule has 1 N–H and O–H groups in total. The first kappa shape index (κ1) is 15.2. The fraction of sp³-hybridized carbons (Fsp3) is 0.538. The molecule has 0 saturated carbocycles. The van der Waals surface area contributed by atoms with E-state index in [1.165, 1.54) is 10.5 Å². The number of rotatable bonds is 4. The molecule has 2 aromatic rings. The number of nitrogens with one attached hydrogen (secondary N) is 1. The van der Waals surface area contributed by atoms with Crippen LogP contribution in [0.15, 0.2) is 29.9 Å². The molecule has 1 fully saturated rings. The molecular weight excluding hydrogens is 304 g/mol. The zero-order valence-corrected chi connectivity index (χ0v) is 13.5. The van der Waals surface area contributed by atoms with Gasteiger partial charge in [0, 0.05) is 45.6 Å². The summed E-state index contributed by atoms with van der Waals surface area (Å²) in [6.45, 7) is 4.04. The number of hydrogen-bond acceptors (Lipinski definition) is 5. The molecule has 1 atom stereocenters. The number of aromatic nitrogens is 4. The van der Waals surface area contributed by atoms with E-state index in [9.17, 15) is 8.42 Å². The molecule has 1 saturated heterocycles. The zero-order valence-electron chi connectivity index (χ0n) is 12.7. The van der Waals surface area contributed by atoms with Crippen LogP contribution < -0.4 is 5.32 Å². The fourth-order valence-corrected chi connectivity index (χ4v) is 4.52. The first-order valence-corrected chi connectivity index (χ1v) is 8.69. The van der Waals surface area contributed by atoms with Crippen molar-refractivity contribution in [3.63, 3.8) is 0 Å². The van der Waals surface area contributed by atoms with Gasteiger partial charge in [-0.3, -0.25) is 0 Å². The van der Waals surface area contributed by atoms with Crippen LogP contribution in [0.2, 0.25) is 0 Å². The molecular formula is C13H20N6O2S. The number of nitrogens with zero attached hydrogens (tertiary/aromatic N) is 5. The van der Waals surface area contributed by atoms with Gasteiger partial charge in [0.2, 0.25) is 0 Å². The SMILES string of the molecule is CCn1cncc1S(=O)(=O)N1CCNCC1c1nccn1C. The minimum absolute atomic E-state index is 0.233. The Bertz CT molecular complexity index is 750. The lowest BCUT2D eigenvalue weighted by atomic mass is 10.2. The molecule has 8 nitrogen and oxygen atoms in total. The van der Waals surface area contributed by atoms with Gasteiger partial charge in [0.1, 0.15) is 5.82 Å². The minimum Gasteiger partial charge on any atom is -0.337 e. The Hall–Kier alpha value is -1.71. The van der Waals surface area contributed by atoms with E-state index in [-0.39, 0.29) is 11.1 Å². The Balaban J connectivity index is 2.02. The highest BCUT2D eigenvalue weighted by Gasteiger charge is 2.37. The van der Waals surface area contributed by atoms with Crippen LogP contribution in [0, 0.1) is 0 Å². The van der Waals surface area contributed by atoms with Crippen molar-refractivity contribution in [3.8, 4) is 0 Å². The van der Waals surface area contributed by atoms with Crippen molar-refractivity contribution in [2.45, 2.75) is 24.5 Å². The van der Waals surface area contributed by atoms with Crippen LogP contribution in [0.3, 0.4) is 0 Å². The summed E-state index contributed by atoms with van der Waals surface area (Å²) in [6, 6.07) is -0.320. The van der Waals surface area contributed by atoms with Crippen LogP contribution in [-0.4, -0.2) is 51.5 Å². The summed E-state index contributed by atoms with van der Waals surface area (Å²) >= 11 is 0. The molecule has 2 aromatic heterocycles. The van der Waals surface area contributed by atoms with Crippen molar-refractivity contribution in [3.05, 3.63) is 30.7 Å². The third kappa shape index (κ3) is 2.44. The predicted molar refractivity (Wildman–Crippen MR) is 80.6 cm³/mol. The average Bonchev–Trinajstić information content (AvgIpc) is 3.15. The van der Waals surface area contributed by atoms with Gasteiger partial charge in [-0.1, -0.05) is 0 Å². The van der Waals surface area contributed by atoms with Gasteiger partial charge in [-0.2, -0.15) is 4.31 Å². The van der Waals surface area contributed by atoms with Gasteiger partial charge < -0.3 is 14.5 Å². The van der Waals surface area contributed by atoms with Gasteiger partial charge in [0.15, 0.2) is 5.03 Å². The Kier molecular flexibility index (Phi) is 4.02. The molecule has 3 rings (SSSR count). The lowest BCUT2D eigenvalue weighted by molar-refractivity contribution is 0.257. The summed E-state index contributed by atoms with van der Waals surface area (Å²) in [4.78, 5) is 8.30. The van der Waals surface area contributed by atoms with Gasteiger partial charge in [0.05, 0.1) is 18.6 Å². The monoisotopic (exact) mass is 324 g/mol. The largest absolute Gasteiger partial charge is 0.337 e. The van der Waals surface area contributed by atoms with E-state index in [2.05, 4.69) is 15.3 Å². The topological polar surface area (TPSA) is 85.1 Å². The Labute approximate surface area is 129 Å². The molecule has 9 heteroatoms. The van der Waals surface area contributed by atoms with Crippen LogP contribution >= 0.6 is 0 Å². The molecule has 0 spiro atoms. The molecule has 1 aliphatic heterocycles. The van der Waals surface area contributed by atoms with Crippen molar-refractivity contribution in [1.29, 1.82) is 0 Å². The van der Waals surface area contributed by atoms with Crippen molar-refractivity contribution in [2.75, 3.05) is 19.6 Å². The van der Waals surface area contributed by atoms with E-state index < -0.39 is 10.0 Å². The highest BCUT2D eigenvalue weighted by molar-refractivity contribution is 7.89. The third-order valence-corrected chi connectivity index (χ3v) is 5.86. The van der Waals surface area contributed by atoms with Gasteiger partial charge in [0.25, 0.3) is 10.0 Å². The van der Waals surface area contributed by atoms with Gasteiger partial charge in [-0.15, -0.1) is 0 Å². The zero-order chi connectivity index (χ0) is 15.7. The Morgan fingerprint density at radius 3 is 2.95 bits per heavy atom. The van der Waals surface area contributed by atoms with Crippen molar-refractivity contribution in [1.82, 2.24) is 28.7 Å². The number of aryl methyl sites for hydroxylation is 2. The average molecular weight is 324 g/mol. The Morgan fingerprint density at radius 2 is 2.27 bits per heavy atom. The number of hydrogen-bond donors (Lipinski definition) is 1. The molecule has 0 radical (unpaired) electrons. The summed E-state index contributed by atoms with van der Waals surface area (Å²) in [7, 11) is -1.74. The second-order valence-corrected chi connectivity index (χ2v) is 7.09. The molecule has 22 heavy (non-hydrogen) atoms. The fourth-order valence-electron chi connectivity index (χ4n) is 2.77. The lowest BCUT2D eigenvalue weighted by Gasteiger charge is -2.34. The number of imidazole rings is 2. The minimum atomic E-state index is -3.61. The summed E-state index contributed by atoms with van der Waals surface area (Å²) in [5.74, 6) is 0.735. The molecule has 1 unspecified atom stereocenters. The van der Waals surface area contributed by atoms with Crippen molar-refractivity contribution in [2.24, 2.45) is 7.05 Å². The Morgan fingerprint density at radius 1 is 1.45 bits per heavy atom. The summed E-state index contributed by atoms with van der Waals surface area (Å²) in [5, 5.41) is 3.48. The maximum absolute atomic E-state index is 13.0. The molecule has 0 bridgehead atoms. The maximum atomic E-state index is 13.0. The van der Waals surface area contributed by atoms with Crippen LogP contribution in [0.4, 0.5) is 0 Å². The van der Waals surface area contributed by atoms with Crippen molar-refractivity contribution >= 4 is 10.0 Å². The van der Waals surface area contributed by atoms with E-state index in [1.54, 1.807) is 17.1 Å². The normalized spacial score (nSPS) is 20.4. The number of sulfonamides is 1. The quantitative estimate of drug-likeness (QED) is 0.854. The molecule has 0 aliphatic carbocycles. The van der Waals surface area contributed by atoms with Crippen LogP contribution in [-0.2, 0) is 23.6 Å². The van der Waals surface area contributed by atoms with Crippen LogP contribution in [0.25, 0.3) is 0 Å². The lowest BCUT2D eigenvalue weighted by Crippen LogP contribution is -2.49. The van der Waals surface area contributed by atoms with E-state index in [4.69, 9.17) is 0 Å². The van der Waals surface area contributed by atoms with Gasteiger partial charge in [-0.05, 0) is 6.92 Å². The highest BCUT2D eigenvalue weighted by Crippen LogP contribution is 2.27. The van der Waals surface area contributed by atoms with E-state index >= 15 is 0 Å². The molecule has 0 aromatic carbocycles. The molecule has 0 amide bonds. The van der Waals surface area contributed by atoms with E-state index in [0.717, 1.165) is 5.82 Å². The van der Waals surface area contributed by atoms with Crippen LogP contribution in [0.5, 0.6) is 0 Å². The van der Waals surface area contributed by atoms with Gasteiger partial charge >= 0.3 is 0 Å². The maximum Gasteiger partial charge on any atom is 0.261 e. The smallest absolute Gasteiger partial charge is 0.261 e. The molecule has 3 heterocycles. The summed E-state index contributed by atoms with van der Waals surface area (Å²) in [6.07, 6.45) is 6.47. The first-order valence-electron chi connectivity index (χ1n) is 7.25. The molecule has 120 valence electrons. The second kappa shape index (κ2) is 5.82. The third-order valence-electron chi connectivity index (χ3n) is 3.94. The van der Waals surface area contributed by atoms with Gasteiger partial charge in [-0.25, -0.2) is 18.4 Å². The first-order chi connectivity index (χ1) is 10.6. The van der Waals surface area contributed by atoms with Crippen molar-refractivity contribution < 1.29 is 8.42 Å². The highest BCUT2D eigenvalue weighted by atomic mass is 32.2. The number of piperazine rings is 1. The predicted octanol–water partition coefficient (Wildman–Crippen LogP) is -0.0283. The summed E-state index contributed by atoms with van der Waals surface area (Å²) in [5.41, 5.74) is 0. The van der Waals surface area contributed by atoms with E-state index in [0.29, 0.717) is 26.2 Å². The second-order valence-electron chi connectivity index (χ2n) is 5.25. The molecule has 1 aliphatic rings. The standard InChI is InChI=1S/C13H20N6O2S/c1-3-18-10-15-9-12(18)22(20,21)19-7-4-14-8-11(19)13-16-5-6-17(13)2/h5-6,9-11,14H,3-4,7-8H2,1-2H3. The summed E-state index contributed by atoms with van der Waals surface area (Å²) < 4.78 is 31.1. The van der Waals surface area contributed by atoms with Crippen LogP contribution in [0.1, 0.15) is 18.8 Å².